The molecule has 8 rings (SSSR count). The van der Waals surface area contributed by atoms with E-state index in [9.17, 15) is 14.4 Å². The van der Waals surface area contributed by atoms with Crippen molar-refractivity contribution in [3.63, 3.8) is 0 Å². The fourth-order valence-electron chi connectivity index (χ4n) is 9.20. The number of alkyl carbamates (subject to hydrolysis) is 1. The van der Waals surface area contributed by atoms with Crippen LogP contribution in [0.3, 0.4) is 0 Å². The average Bonchev–Trinajstić information content (AvgIpc) is 4.10. The first-order valence-electron chi connectivity index (χ1n) is 20.9. The first-order chi connectivity index (χ1) is 29.1. The number of ether oxygens (including phenoxy) is 1. The molecule has 2 saturated heterocycles. The number of nitrogens with zero attached hydrogens (tertiary/aromatic N) is 5. The lowest BCUT2D eigenvalue weighted by Gasteiger charge is -2.32. The third-order valence-corrected chi connectivity index (χ3v) is 12.2. The number of methoxy groups -OCH3 is 1. The summed E-state index contributed by atoms with van der Waals surface area (Å²) in [5.41, 5.74) is 9.40. The van der Waals surface area contributed by atoms with Crippen LogP contribution >= 0.6 is 0 Å². The number of nitrogens with one attached hydrogen (secondary N) is 3. The van der Waals surface area contributed by atoms with Crippen molar-refractivity contribution in [3.8, 4) is 22.4 Å². The van der Waals surface area contributed by atoms with Gasteiger partial charge in [-0.2, -0.15) is 0 Å². The minimum atomic E-state index is -0.872. The van der Waals surface area contributed by atoms with Crippen molar-refractivity contribution in [1.29, 1.82) is 0 Å². The normalized spacial score (nSPS) is 19.8. The Labute approximate surface area is 352 Å². The van der Waals surface area contributed by atoms with Crippen molar-refractivity contribution in [3.05, 3.63) is 137 Å². The molecule has 5 atom stereocenters. The molecule has 1 unspecified atom stereocenters. The minimum absolute atomic E-state index is 0.0431. The molecule has 12 nitrogen and oxygen atoms in total. The Kier molecular flexibility index (Phi) is 11.8. The number of rotatable bonds is 11. The molecule has 0 aliphatic carbocycles. The molecule has 1 aromatic heterocycles. The van der Waals surface area contributed by atoms with Crippen LogP contribution < -0.4 is 10.6 Å². The fraction of sp³-hybridized carbons (Fsp3) is 0.354. The molecule has 0 radical (unpaired) electrons. The number of benzene rings is 4. The molecule has 3 N–H and O–H groups in total. The summed E-state index contributed by atoms with van der Waals surface area (Å²) in [6.07, 6.45) is 4.62. The molecule has 12 heteroatoms. The number of aliphatic imine (C=N–C) groups is 1. The second kappa shape index (κ2) is 17.5. The summed E-state index contributed by atoms with van der Waals surface area (Å²) in [6, 6.07) is 30.9. The molecule has 3 aliphatic heterocycles. The van der Waals surface area contributed by atoms with E-state index in [1.54, 1.807) is 0 Å². The molecule has 4 heterocycles. The molecular weight excluding hydrogens is 753 g/mol. The summed E-state index contributed by atoms with van der Waals surface area (Å²) in [5, 5.41) is 6.44. The van der Waals surface area contributed by atoms with Crippen molar-refractivity contribution < 1.29 is 19.1 Å². The number of aromatic nitrogens is 2. The van der Waals surface area contributed by atoms with Crippen LogP contribution in [0.15, 0.2) is 108 Å². The second-order valence-corrected chi connectivity index (χ2v) is 16.3. The second-order valence-electron chi connectivity index (χ2n) is 16.3. The van der Waals surface area contributed by atoms with Crippen molar-refractivity contribution in [2.24, 2.45) is 4.99 Å². The maximum Gasteiger partial charge on any atom is 0.407 e. The highest BCUT2D eigenvalue weighted by Gasteiger charge is 2.40. The summed E-state index contributed by atoms with van der Waals surface area (Å²) in [4.78, 5) is 59.3. The number of amidine groups is 1. The van der Waals surface area contributed by atoms with Gasteiger partial charge in [-0.05, 0) is 104 Å². The van der Waals surface area contributed by atoms with Crippen LogP contribution in [0.4, 0.5) is 4.79 Å². The van der Waals surface area contributed by atoms with Gasteiger partial charge in [0.05, 0.1) is 43.7 Å². The Morgan fingerprint density at radius 1 is 0.800 bits per heavy atom. The maximum atomic E-state index is 14.0. The van der Waals surface area contributed by atoms with Crippen molar-refractivity contribution in [2.75, 3.05) is 40.8 Å². The van der Waals surface area contributed by atoms with E-state index in [0.717, 1.165) is 71.8 Å². The molecule has 0 bridgehead atoms. The van der Waals surface area contributed by atoms with E-state index in [1.807, 2.05) is 95.7 Å². The highest BCUT2D eigenvalue weighted by atomic mass is 16.5. The number of hydrogen-bond donors (Lipinski definition) is 3. The molecule has 310 valence electrons. The number of likely N-dealkylation sites (N-methyl/N-ethyl adjacent to an activating group) is 1. The van der Waals surface area contributed by atoms with E-state index in [-0.39, 0.29) is 36.0 Å². The summed E-state index contributed by atoms with van der Waals surface area (Å²) in [5.74, 6) is 1.55. The summed E-state index contributed by atoms with van der Waals surface area (Å²) in [7, 11) is 5.22. The highest BCUT2D eigenvalue weighted by Crippen LogP contribution is 2.36. The first kappa shape index (κ1) is 40.5. The zero-order chi connectivity index (χ0) is 41.9. The minimum Gasteiger partial charge on any atom is -0.453 e. The van der Waals surface area contributed by atoms with Crippen LogP contribution in [-0.4, -0.2) is 95.3 Å². The van der Waals surface area contributed by atoms with Gasteiger partial charge in [-0.3, -0.25) is 19.5 Å². The van der Waals surface area contributed by atoms with Crippen molar-refractivity contribution in [1.82, 2.24) is 35.3 Å². The molecule has 0 spiro atoms. The Morgan fingerprint density at radius 2 is 1.43 bits per heavy atom. The SMILES string of the molecule is COC(=O)N[C@@H](C(=O)N1CCC[C@H]1c1ncc(-c2ccc(-c3ccc(C4CN=C([C@@H]5CCCN5C(=O)[C@@H](c5ccccc5)N(C)C)N4)cc3C)c(C)c2)[nH]1)c1ccccc1. The predicted molar refractivity (Wildman–Crippen MR) is 233 cm³/mol. The van der Waals surface area contributed by atoms with Crippen LogP contribution in [0.5, 0.6) is 0 Å². The average molecular weight is 807 g/mol. The summed E-state index contributed by atoms with van der Waals surface area (Å²) in [6.45, 7) is 6.21. The molecule has 60 heavy (non-hydrogen) atoms. The van der Waals surface area contributed by atoms with Gasteiger partial charge in [0.2, 0.25) is 5.91 Å². The predicted octanol–water partition coefficient (Wildman–Crippen LogP) is 7.46. The van der Waals surface area contributed by atoms with Crippen molar-refractivity contribution in [2.45, 2.75) is 69.7 Å². The number of likely N-dealkylation sites (tertiary alicyclic amines) is 2. The number of carbonyl (C=O) groups is 3. The summed E-state index contributed by atoms with van der Waals surface area (Å²) >= 11 is 0. The molecule has 2 fully saturated rings. The van der Waals surface area contributed by atoms with Crippen LogP contribution in [0.2, 0.25) is 0 Å². The van der Waals surface area contributed by atoms with E-state index in [2.05, 4.69) is 65.9 Å². The van der Waals surface area contributed by atoms with Gasteiger partial charge in [0.25, 0.3) is 5.91 Å². The highest BCUT2D eigenvalue weighted by molar-refractivity contribution is 5.95. The lowest BCUT2D eigenvalue weighted by Crippen LogP contribution is -2.48. The maximum absolute atomic E-state index is 14.0. The number of amides is 3. The molecule has 0 saturated carbocycles. The largest absolute Gasteiger partial charge is 0.453 e. The number of hydrogen-bond acceptors (Lipinski definition) is 8. The quantitative estimate of drug-likeness (QED) is 0.126. The lowest BCUT2D eigenvalue weighted by atomic mass is 9.92. The zero-order valence-electron chi connectivity index (χ0n) is 35.0. The van der Waals surface area contributed by atoms with Gasteiger partial charge < -0.3 is 30.2 Å². The van der Waals surface area contributed by atoms with Crippen LogP contribution in [0.25, 0.3) is 22.4 Å². The molecular formula is C48H54N8O4. The Hall–Kier alpha value is -6.27. The third-order valence-electron chi connectivity index (χ3n) is 12.2. The zero-order valence-corrected chi connectivity index (χ0v) is 35.0. The van der Waals surface area contributed by atoms with E-state index < -0.39 is 12.1 Å². The van der Waals surface area contributed by atoms with E-state index >= 15 is 0 Å². The van der Waals surface area contributed by atoms with Crippen LogP contribution in [0.1, 0.15) is 83.5 Å². The Bertz CT molecular complexity index is 2380. The topological polar surface area (TPSA) is 135 Å². The van der Waals surface area contributed by atoms with Crippen LogP contribution in [-0.2, 0) is 14.3 Å². The lowest BCUT2D eigenvalue weighted by molar-refractivity contribution is -0.136. The van der Waals surface area contributed by atoms with Crippen molar-refractivity contribution >= 4 is 23.7 Å². The Balaban J connectivity index is 0.936. The molecule has 3 amide bonds. The van der Waals surface area contributed by atoms with Gasteiger partial charge >= 0.3 is 6.09 Å². The smallest absolute Gasteiger partial charge is 0.407 e. The van der Waals surface area contributed by atoms with Gasteiger partial charge in [0.1, 0.15) is 23.7 Å². The van der Waals surface area contributed by atoms with Gasteiger partial charge in [-0.1, -0.05) is 91.0 Å². The van der Waals surface area contributed by atoms with Gasteiger partial charge in [0, 0.05) is 13.1 Å². The van der Waals surface area contributed by atoms with Gasteiger partial charge in [-0.15, -0.1) is 0 Å². The molecule has 5 aromatic rings. The number of aromatic amines is 1. The standard InChI is InChI=1S/C48H54N8O4/c1-30-26-34(38-28-49-44(51-38)40-18-12-24-55(40)46(57)42(53-48(59)60-5)32-14-8-6-9-15-32)20-22-36(30)37-23-21-35(27-31(37)2)39-29-50-45(52-39)41-19-13-25-56(41)47(58)43(54(3)4)33-16-10-7-11-17-33/h6-11,14-17,20-23,26-28,39-43H,12-13,18-19,24-25,29H2,1-5H3,(H,49,51)(H,50,52)(H,53,59)/t39?,40-,41-,42+,43+/m0/s1. The molecule has 3 aliphatic rings. The third kappa shape index (κ3) is 8.16. The van der Waals surface area contributed by atoms with Gasteiger partial charge in [0.15, 0.2) is 0 Å². The Morgan fingerprint density at radius 3 is 2.08 bits per heavy atom. The van der Waals surface area contributed by atoms with E-state index in [4.69, 9.17) is 14.7 Å². The van der Waals surface area contributed by atoms with E-state index in [1.165, 1.54) is 23.8 Å². The molecule has 4 aromatic carbocycles. The van der Waals surface area contributed by atoms with E-state index in [0.29, 0.717) is 18.7 Å². The monoisotopic (exact) mass is 806 g/mol. The number of H-pyrrole nitrogens is 1. The van der Waals surface area contributed by atoms with Crippen LogP contribution in [0, 0.1) is 13.8 Å². The van der Waals surface area contributed by atoms with Gasteiger partial charge in [-0.25, -0.2) is 9.78 Å². The fourth-order valence-corrected chi connectivity index (χ4v) is 9.20. The summed E-state index contributed by atoms with van der Waals surface area (Å²) < 4.78 is 4.85. The number of aryl methyl sites for hydroxylation is 2. The number of imidazole rings is 1. The first-order valence-corrected chi connectivity index (χ1v) is 20.9. The number of carbonyl (C=O) groups excluding carboxylic acids is 3.